The van der Waals surface area contributed by atoms with Crippen LogP contribution in [0.2, 0.25) is 0 Å². The van der Waals surface area contributed by atoms with Gasteiger partial charge in [-0.05, 0) is 41.4 Å². The molecule has 1 heterocycles. The van der Waals surface area contributed by atoms with Crippen molar-refractivity contribution in [2.75, 3.05) is 6.54 Å². The summed E-state index contributed by atoms with van der Waals surface area (Å²) in [5.74, 6) is 0.567. The number of nitrogens with one attached hydrogen (secondary N) is 1. The molecule has 1 aromatic heterocycles. The van der Waals surface area contributed by atoms with Crippen LogP contribution in [0.15, 0.2) is 54.9 Å². The Morgan fingerprint density at radius 2 is 1.64 bits per heavy atom. The Hall–Kier alpha value is -1.94. The van der Waals surface area contributed by atoms with Crippen molar-refractivity contribution in [1.29, 1.82) is 0 Å². The van der Waals surface area contributed by atoms with Crippen molar-refractivity contribution in [3.05, 3.63) is 66.0 Å². The molecule has 0 bridgehead atoms. The van der Waals surface area contributed by atoms with Gasteiger partial charge in [0.1, 0.15) is 0 Å². The first-order valence-electron chi connectivity index (χ1n) is 7.60. The van der Waals surface area contributed by atoms with Crippen LogP contribution in [0.5, 0.6) is 0 Å². The summed E-state index contributed by atoms with van der Waals surface area (Å²) in [6, 6.07) is 14.5. The van der Waals surface area contributed by atoms with E-state index >= 15 is 0 Å². The fourth-order valence-electron chi connectivity index (χ4n) is 2.12. The van der Waals surface area contributed by atoms with Crippen LogP contribution in [-0.4, -0.2) is 21.5 Å². The molecule has 0 spiro atoms. The largest absolute Gasteiger partial charge is 0.362 e. The monoisotopic (exact) mass is 313 g/mol. The third-order valence-corrected chi connectivity index (χ3v) is 3.69. The molecule has 116 valence electrons. The highest BCUT2D eigenvalue weighted by Gasteiger charge is 2.11. The Labute approximate surface area is 138 Å². The Morgan fingerprint density at radius 3 is 2.23 bits per heavy atom. The summed E-state index contributed by atoms with van der Waals surface area (Å²) in [6.07, 6.45) is 3.64. The van der Waals surface area contributed by atoms with Gasteiger partial charge in [-0.2, -0.15) is 0 Å². The summed E-state index contributed by atoms with van der Waals surface area (Å²) in [5, 5.41) is 4.16. The van der Waals surface area contributed by atoms with Crippen LogP contribution in [0.1, 0.15) is 25.0 Å². The Balaban J connectivity index is 2.07. The van der Waals surface area contributed by atoms with E-state index in [1.165, 1.54) is 11.1 Å². The number of nitrogens with zero attached hydrogens (tertiary/aromatic N) is 2. The molecule has 0 radical (unpaired) electrons. The minimum atomic E-state index is 0.567. The van der Waals surface area contributed by atoms with Crippen LogP contribution in [0.4, 0.5) is 0 Å². The van der Waals surface area contributed by atoms with Gasteiger partial charge in [-0.1, -0.05) is 44.2 Å². The van der Waals surface area contributed by atoms with Crippen molar-refractivity contribution in [2.45, 2.75) is 26.9 Å². The minimum absolute atomic E-state index is 0.567. The lowest BCUT2D eigenvalue weighted by atomic mass is 10.2. The van der Waals surface area contributed by atoms with Gasteiger partial charge in [0.25, 0.3) is 0 Å². The second kappa shape index (κ2) is 8.49. The van der Waals surface area contributed by atoms with Crippen LogP contribution < -0.4 is 5.32 Å². The van der Waals surface area contributed by atoms with E-state index in [4.69, 9.17) is 12.2 Å². The molecule has 4 heteroatoms. The number of benzene rings is 1. The van der Waals surface area contributed by atoms with Gasteiger partial charge in [-0.3, -0.25) is 4.98 Å². The molecular formula is C18H23N3S. The molecule has 3 nitrogen and oxygen atoms in total. The molecule has 0 saturated heterocycles. The predicted molar refractivity (Wildman–Crippen MR) is 95.4 cm³/mol. The summed E-state index contributed by atoms with van der Waals surface area (Å²) in [4.78, 5) is 6.27. The lowest BCUT2D eigenvalue weighted by molar-refractivity contribution is 0.395. The molecule has 2 aromatic rings. The van der Waals surface area contributed by atoms with Crippen molar-refractivity contribution < 1.29 is 0 Å². The van der Waals surface area contributed by atoms with E-state index in [1.54, 1.807) is 0 Å². The van der Waals surface area contributed by atoms with Crippen molar-refractivity contribution >= 4 is 17.3 Å². The average molecular weight is 313 g/mol. The first-order valence-corrected chi connectivity index (χ1v) is 8.01. The van der Waals surface area contributed by atoms with Crippen LogP contribution >= 0.6 is 12.2 Å². The average Bonchev–Trinajstić information content (AvgIpc) is 2.54. The maximum atomic E-state index is 5.59. The van der Waals surface area contributed by atoms with Crippen molar-refractivity contribution in [3.8, 4) is 0 Å². The van der Waals surface area contributed by atoms with Crippen molar-refractivity contribution in [3.63, 3.8) is 0 Å². The fraction of sp³-hybridized carbons (Fsp3) is 0.333. The maximum Gasteiger partial charge on any atom is 0.169 e. The summed E-state index contributed by atoms with van der Waals surface area (Å²) in [6.45, 7) is 6.83. The van der Waals surface area contributed by atoms with E-state index in [1.807, 2.05) is 30.6 Å². The van der Waals surface area contributed by atoms with Crippen molar-refractivity contribution in [2.24, 2.45) is 5.92 Å². The quantitative estimate of drug-likeness (QED) is 0.825. The molecule has 0 amide bonds. The first-order chi connectivity index (χ1) is 10.6. The van der Waals surface area contributed by atoms with Gasteiger partial charge >= 0.3 is 0 Å². The number of rotatable bonds is 6. The SMILES string of the molecule is CC(C)CNC(=S)N(Cc1ccccc1)Cc1ccncc1. The number of pyridine rings is 1. The third-order valence-electron chi connectivity index (χ3n) is 3.29. The molecular weight excluding hydrogens is 290 g/mol. The van der Waals surface area contributed by atoms with Gasteiger partial charge in [-0.25, -0.2) is 0 Å². The first kappa shape index (κ1) is 16.4. The van der Waals surface area contributed by atoms with E-state index in [0.717, 1.165) is 24.7 Å². The van der Waals surface area contributed by atoms with Crippen molar-refractivity contribution in [1.82, 2.24) is 15.2 Å². The topological polar surface area (TPSA) is 28.2 Å². The van der Waals surface area contributed by atoms with Gasteiger partial charge in [0.05, 0.1) is 0 Å². The maximum absolute atomic E-state index is 5.59. The zero-order chi connectivity index (χ0) is 15.8. The molecule has 0 saturated carbocycles. The lowest BCUT2D eigenvalue weighted by Gasteiger charge is -2.26. The van der Waals surface area contributed by atoms with Gasteiger partial charge in [0.2, 0.25) is 0 Å². The number of hydrogen-bond donors (Lipinski definition) is 1. The van der Waals surface area contributed by atoms with E-state index in [2.05, 4.69) is 53.3 Å². The molecule has 0 aliphatic carbocycles. The lowest BCUT2D eigenvalue weighted by Crippen LogP contribution is -2.40. The fourth-order valence-corrected chi connectivity index (χ4v) is 2.33. The van der Waals surface area contributed by atoms with Crippen LogP contribution in [0, 0.1) is 5.92 Å². The summed E-state index contributed by atoms with van der Waals surface area (Å²) >= 11 is 5.59. The van der Waals surface area contributed by atoms with E-state index in [0.29, 0.717) is 5.92 Å². The van der Waals surface area contributed by atoms with E-state index in [-0.39, 0.29) is 0 Å². The standard InChI is InChI=1S/C18H23N3S/c1-15(2)12-20-18(22)21(13-16-6-4-3-5-7-16)14-17-8-10-19-11-9-17/h3-11,15H,12-14H2,1-2H3,(H,20,22). The number of thiocarbonyl (C=S) groups is 1. The van der Waals surface area contributed by atoms with Gasteiger partial charge in [0, 0.05) is 32.0 Å². The van der Waals surface area contributed by atoms with E-state index < -0.39 is 0 Å². The summed E-state index contributed by atoms with van der Waals surface area (Å²) < 4.78 is 0. The van der Waals surface area contributed by atoms with Gasteiger partial charge in [0.15, 0.2) is 5.11 Å². The molecule has 0 unspecified atom stereocenters. The third kappa shape index (κ3) is 5.45. The molecule has 2 rings (SSSR count). The molecule has 1 aromatic carbocycles. The van der Waals surface area contributed by atoms with Crippen LogP contribution in [0.25, 0.3) is 0 Å². The molecule has 0 aliphatic rings. The Morgan fingerprint density at radius 1 is 1.05 bits per heavy atom. The molecule has 0 aliphatic heterocycles. The normalized spacial score (nSPS) is 10.5. The van der Waals surface area contributed by atoms with Gasteiger partial charge < -0.3 is 10.2 Å². The molecule has 0 fully saturated rings. The number of aromatic nitrogens is 1. The Bertz CT molecular complexity index is 528. The van der Waals surface area contributed by atoms with E-state index in [9.17, 15) is 0 Å². The highest BCUT2D eigenvalue weighted by atomic mass is 32.1. The second-order valence-electron chi connectivity index (χ2n) is 5.78. The zero-order valence-electron chi connectivity index (χ0n) is 13.2. The Kier molecular flexibility index (Phi) is 6.34. The summed E-state index contributed by atoms with van der Waals surface area (Å²) in [7, 11) is 0. The van der Waals surface area contributed by atoms with Crippen LogP contribution in [-0.2, 0) is 13.1 Å². The molecule has 0 atom stereocenters. The zero-order valence-corrected chi connectivity index (χ0v) is 14.0. The van der Waals surface area contributed by atoms with Gasteiger partial charge in [-0.15, -0.1) is 0 Å². The summed E-state index contributed by atoms with van der Waals surface area (Å²) in [5.41, 5.74) is 2.46. The smallest absolute Gasteiger partial charge is 0.169 e. The minimum Gasteiger partial charge on any atom is -0.362 e. The highest BCUT2D eigenvalue weighted by Crippen LogP contribution is 2.10. The van der Waals surface area contributed by atoms with Crippen LogP contribution in [0.3, 0.4) is 0 Å². The molecule has 22 heavy (non-hydrogen) atoms. The second-order valence-corrected chi connectivity index (χ2v) is 6.16. The predicted octanol–water partition coefficient (Wildman–Crippen LogP) is 3.61. The number of hydrogen-bond acceptors (Lipinski definition) is 2. The molecule has 1 N–H and O–H groups in total. The highest BCUT2D eigenvalue weighted by molar-refractivity contribution is 7.80.